The molecule has 0 atom stereocenters. The Labute approximate surface area is 164 Å². The molecular weight excluding hydrogens is 360 g/mol. The second-order valence-electron chi connectivity index (χ2n) is 8.09. The first-order valence-electron chi connectivity index (χ1n) is 9.70. The third-order valence-corrected chi connectivity index (χ3v) is 6.94. The van der Waals surface area contributed by atoms with E-state index < -0.39 is 10.0 Å². The maximum absolute atomic E-state index is 12.0. The van der Waals surface area contributed by atoms with Gasteiger partial charge in [-0.3, -0.25) is 4.99 Å². The van der Waals surface area contributed by atoms with Crippen molar-refractivity contribution in [2.24, 2.45) is 4.99 Å². The van der Waals surface area contributed by atoms with Gasteiger partial charge in [0, 0.05) is 32.7 Å². The van der Waals surface area contributed by atoms with Gasteiger partial charge in [-0.2, -0.15) is 0 Å². The molecule has 1 saturated heterocycles. The monoisotopic (exact) mass is 394 g/mol. The van der Waals surface area contributed by atoms with Crippen molar-refractivity contribution in [2.75, 3.05) is 25.9 Å². The standard InChI is InChI=1S/C20H34N4O2S/c1-6-27(25,26)24-13-11-18(12-14-24)23-19(21-5)22-15-16-7-9-17(10-8-16)20(2,3)4/h7-10,18H,6,11-15H2,1-5H3,(H2,21,22,23). The van der Waals surface area contributed by atoms with Crippen molar-refractivity contribution in [3.8, 4) is 0 Å². The highest BCUT2D eigenvalue weighted by Crippen LogP contribution is 2.22. The minimum atomic E-state index is -3.08. The Hall–Kier alpha value is -1.60. The van der Waals surface area contributed by atoms with Crippen LogP contribution in [-0.2, 0) is 22.0 Å². The summed E-state index contributed by atoms with van der Waals surface area (Å²) in [6.45, 7) is 10.2. The van der Waals surface area contributed by atoms with Crippen molar-refractivity contribution in [3.05, 3.63) is 35.4 Å². The summed E-state index contributed by atoms with van der Waals surface area (Å²) < 4.78 is 25.5. The zero-order valence-corrected chi connectivity index (χ0v) is 18.1. The predicted octanol–water partition coefficient (Wildman–Crippen LogP) is 2.46. The number of benzene rings is 1. The van der Waals surface area contributed by atoms with Crippen molar-refractivity contribution in [2.45, 2.75) is 58.5 Å². The van der Waals surface area contributed by atoms with E-state index in [1.54, 1.807) is 18.3 Å². The molecule has 0 amide bonds. The summed E-state index contributed by atoms with van der Waals surface area (Å²) in [5.74, 6) is 0.925. The third kappa shape index (κ3) is 6.21. The van der Waals surface area contributed by atoms with Crippen LogP contribution in [0.25, 0.3) is 0 Å². The molecular formula is C20H34N4O2S. The molecule has 1 aliphatic heterocycles. The lowest BCUT2D eigenvalue weighted by Gasteiger charge is -2.32. The summed E-state index contributed by atoms with van der Waals surface area (Å²) >= 11 is 0. The summed E-state index contributed by atoms with van der Waals surface area (Å²) in [6.07, 6.45) is 1.58. The van der Waals surface area contributed by atoms with Crippen LogP contribution in [-0.4, -0.2) is 50.6 Å². The normalized spacial score (nSPS) is 17.7. The molecule has 0 aromatic heterocycles. The average Bonchev–Trinajstić information content (AvgIpc) is 2.65. The van der Waals surface area contributed by atoms with Gasteiger partial charge in [0.05, 0.1) is 5.75 Å². The highest BCUT2D eigenvalue weighted by molar-refractivity contribution is 7.89. The molecule has 1 fully saturated rings. The average molecular weight is 395 g/mol. The van der Waals surface area contributed by atoms with Gasteiger partial charge in [-0.15, -0.1) is 0 Å². The van der Waals surface area contributed by atoms with Crippen molar-refractivity contribution in [1.29, 1.82) is 0 Å². The van der Waals surface area contributed by atoms with Crippen LogP contribution >= 0.6 is 0 Å². The molecule has 1 aliphatic rings. The first-order chi connectivity index (χ1) is 12.7. The van der Waals surface area contributed by atoms with Gasteiger partial charge in [0.2, 0.25) is 10.0 Å². The molecule has 1 aromatic rings. The number of piperidine rings is 1. The fourth-order valence-corrected chi connectivity index (χ4v) is 4.29. The van der Waals surface area contributed by atoms with Gasteiger partial charge in [-0.25, -0.2) is 12.7 Å². The molecule has 0 aliphatic carbocycles. The molecule has 152 valence electrons. The lowest BCUT2D eigenvalue weighted by atomic mass is 9.87. The van der Waals surface area contributed by atoms with E-state index in [2.05, 4.69) is 60.7 Å². The molecule has 0 spiro atoms. The summed E-state index contributed by atoms with van der Waals surface area (Å²) in [4.78, 5) is 4.30. The largest absolute Gasteiger partial charge is 0.354 e. The zero-order valence-electron chi connectivity index (χ0n) is 17.2. The molecule has 0 radical (unpaired) electrons. The zero-order chi connectivity index (χ0) is 20.1. The Kier molecular flexibility index (Phi) is 7.28. The van der Waals surface area contributed by atoms with Gasteiger partial charge in [-0.1, -0.05) is 45.0 Å². The molecule has 7 heteroatoms. The fraction of sp³-hybridized carbons (Fsp3) is 0.650. The quantitative estimate of drug-likeness (QED) is 0.594. The highest BCUT2D eigenvalue weighted by Gasteiger charge is 2.27. The number of sulfonamides is 1. The number of aliphatic imine (C=N–C) groups is 1. The maximum Gasteiger partial charge on any atom is 0.213 e. The van der Waals surface area contributed by atoms with E-state index in [0.29, 0.717) is 19.6 Å². The molecule has 6 nitrogen and oxygen atoms in total. The molecule has 2 rings (SSSR count). The number of hydrogen-bond donors (Lipinski definition) is 2. The van der Waals surface area contributed by atoms with Crippen molar-refractivity contribution in [3.63, 3.8) is 0 Å². The Morgan fingerprint density at radius 2 is 1.78 bits per heavy atom. The van der Waals surface area contributed by atoms with Crippen molar-refractivity contribution >= 4 is 16.0 Å². The SMILES string of the molecule is CCS(=O)(=O)N1CCC(NC(=NC)NCc2ccc(C(C)(C)C)cc2)CC1. The number of nitrogens with zero attached hydrogens (tertiary/aromatic N) is 2. The lowest BCUT2D eigenvalue weighted by Crippen LogP contribution is -2.49. The molecule has 1 heterocycles. The summed E-state index contributed by atoms with van der Waals surface area (Å²) in [5.41, 5.74) is 2.68. The van der Waals surface area contributed by atoms with Crippen LogP contribution in [0, 0.1) is 0 Å². The van der Waals surface area contributed by atoms with E-state index in [-0.39, 0.29) is 17.2 Å². The highest BCUT2D eigenvalue weighted by atomic mass is 32.2. The maximum atomic E-state index is 12.0. The van der Waals surface area contributed by atoms with E-state index in [4.69, 9.17) is 0 Å². The first-order valence-corrected chi connectivity index (χ1v) is 11.3. The van der Waals surface area contributed by atoms with Crippen LogP contribution in [0.3, 0.4) is 0 Å². The number of guanidine groups is 1. The number of rotatable bonds is 5. The van der Waals surface area contributed by atoms with E-state index in [1.165, 1.54) is 11.1 Å². The van der Waals surface area contributed by atoms with E-state index in [9.17, 15) is 8.42 Å². The first kappa shape index (κ1) is 21.7. The van der Waals surface area contributed by atoms with Crippen LogP contribution in [0.1, 0.15) is 51.7 Å². The molecule has 27 heavy (non-hydrogen) atoms. The van der Waals surface area contributed by atoms with Gasteiger partial charge < -0.3 is 10.6 Å². The Morgan fingerprint density at radius 1 is 1.19 bits per heavy atom. The van der Waals surface area contributed by atoms with Crippen LogP contribution in [0.2, 0.25) is 0 Å². The van der Waals surface area contributed by atoms with Gasteiger partial charge in [0.25, 0.3) is 0 Å². The van der Waals surface area contributed by atoms with E-state index >= 15 is 0 Å². The Morgan fingerprint density at radius 3 is 2.26 bits per heavy atom. The predicted molar refractivity (Wildman–Crippen MR) is 113 cm³/mol. The topological polar surface area (TPSA) is 73.8 Å². The molecule has 0 bridgehead atoms. The Bertz CT molecular complexity index is 728. The minimum Gasteiger partial charge on any atom is -0.354 e. The fourth-order valence-electron chi connectivity index (χ4n) is 3.16. The summed E-state index contributed by atoms with van der Waals surface area (Å²) in [5, 5.41) is 6.77. The van der Waals surface area contributed by atoms with E-state index in [0.717, 1.165) is 18.8 Å². The molecule has 0 unspecified atom stereocenters. The van der Waals surface area contributed by atoms with Crippen LogP contribution in [0.15, 0.2) is 29.3 Å². The van der Waals surface area contributed by atoms with Gasteiger partial charge in [0.15, 0.2) is 5.96 Å². The molecule has 0 saturated carbocycles. The number of nitrogens with one attached hydrogen (secondary N) is 2. The summed E-state index contributed by atoms with van der Waals surface area (Å²) in [7, 11) is -1.32. The van der Waals surface area contributed by atoms with Crippen LogP contribution in [0.5, 0.6) is 0 Å². The van der Waals surface area contributed by atoms with Gasteiger partial charge in [-0.05, 0) is 36.3 Å². The number of hydrogen-bond acceptors (Lipinski definition) is 3. The second kappa shape index (κ2) is 9.06. The smallest absolute Gasteiger partial charge is 0.213 e. The summed E-state index contributed by atoms with van der Waals surface area (Å²) in [6, 6.07) is 8.89. The van der Waals surface area contributed by atoms with Crippen molar-refractivity contribution in [1.82, 2.24) is 14.9 Å². The third-order valence-electron chi connectivity index (χ3n) is 5.06. The van der Waals surface area contributed by atoms with E-state index in [1.807, 2.05) is 0 Å². The molecule has 2 N–H and O–H groups in total. The van der Waals surface area contributed by atoms with Crippen molar-refractivity contribution < 1.29 is 8.42 Å². The minimum absolute atomic E-state index is 0.156. The Balaban J connectivity index is 1.83. The second-order valence-corrected chi connectivity index (χ2v) is 10.3. The van der Waals surface area contributed by atoms with Gasteiger partial charge in [0.1, 0.15) is 0 Å². The van der Waals surface area contributed by atoms with Gasteiger partial charge >= 0.3 is 0 Å². The molecule has 1 aromatic carbocycles. The van der Waals surface area contributed by atoms with Crippen LogP contribution < -0.4 is 10.6 Å². The lowest BCUT2D eigenvalue weighted by molar-refractivity contribution is 0.306. The van der Waals surface area contributed by atoms with Crippen LogP contribution in [0.4, 0.5) is 0 Å².